The van der Waals surface area contributed by atoms with Gasteiger partial charge in [0.05, 0.1) is 4.90 Å². The number of unbranched alkanes of at least 4 members (excludes halogenated alkanes) is 2. The molecule has 0 atom stereocenters. The summed E-state index contributed by atoms with van der Waals surface area (Å²) in [6.45, 7) is -1.40. The number of alkyl halides is 3. The maximum Gasteiger partial charge on any atom is 0.405 e. The van der Waals surface area contributed by atoms with Gasteiger partial charge in [-0.1, -0.05) is 6.42 Å². The lowest BCUT2D eigenvalue weighted by Crippen LogP contribution is -2.36. The fourth-order valence-corrected chi connectivity index (χ4v) is 3.61. The quantitative estimate of drug-likeness (QED) is 0.373. The third kappa shape index (κ3) is 9.00. The van der Waals surface area contributed by atoms with Crippen LogP contribution < -0.4 is 19.5 Å². The minimum Gasteiger partial charge on any atom is -0.486 e. The Kier molecular flexibility index (Phi) is 8.92. The smallest absolute Gasteiger partial charge is 0.405 e. The number of amides is 1. The first-order valence-corrected chi connectivity index (χ1v) is 10.9. The molecule has 2 N–H and O–H groups in total. The van der Waals surface area contributed by atoms with Crippen molar-refractivity contribution in [2.24, 2.45) is 0 Å². The Labute approximate surface area is 177 Å². The molecule has 0 saturated carbocycles. The van der Waals surface area contributed by atoms with Crippen molar-refractivity contribution < 1.29 is 45.4 Å². The van der Waals surface area contributed by atoms with Crippen LogP contribution in [0.3, 0.4) is 0 Å². The Bertz CT molecular complexity index is 875. The highest BCUT2D eigenvalue weighted by atomic mass is 32.2. The molecule has 0 aliphatic carbocycles. The second-order valence-electron chi connectivity index (χ2n) is 6.57. The SMILES string of the molecule is O=C(COC(=O)CCCCCNS(=O)(=O)c1ccc2c(c1)OCCO2)NCC(F)(F)F. The lowest BCUT2D eigenvalue weighted by Gasteiger charge is -2.18. The van der Waals surface area contributed by atoms with Gasteiger partial charge in [-0.2, -0.15) is 13.2 Å². The van der Waals surface area contributed by atoms with Crippen molar-refractivity contribution in [1.82, 2.24) is 10.0 Å². The van der Waals surface area contributed by atoms with Crippen LogP contribution in [-0.4, -0.2) is 59.4 Å². The van der Waals surface area contributed by atoms with Gasteiger partial charge in [0.25, 0.3) is 5.91 Å². The molecular formula is C18H23F3N2O7S. The molecule has 0 bridgehead atoms. The van der Waals surface area contributed by atoms with Crippen molar-refractivity contribution in [3.63, 3.8) is 0 Å². The van der Waals surface area contributed by atoms with E-state index in [1.807, 2.05) is 0 Å². The number of benzene rings is 1. The van der Waals surface area contributed by atoms with Crippen LogP contribution in [0.5, 0.6) is 11.5 Å². The number of esters is 1. The summed E-state index contributed by atoms with van der Waals surface area (Å²) in [6, 6.07) is 4.33. The molecule has 1 aromatic rings. The monoisotopic (exact) mass is 468 g/mol. The van der Waals surface area contributed by atoms with Gasteiger partial charge in [0.2, 0.25) is 10.0 Å². The van der Waals surface area contributed by atoms with E-state index in [1.165, 1.54) is 18.2 Å². The van der Waals surface area contributed by atoms with E-state index in [0.29, 0.717) is 44.0 Å². The van der Waals surface area contributed by atoms with E-state index in [0.717, 1.165) is 0 Å². The zero-order valence-electron chi connectivity index (χ0n) is 16.5. The van der Waals surface area contributed by atoms with Gasteiger partial charge in [-0.3, -0.25) is 9.59 Å². The van der Waals surface area contributed by atoms with E-state index >= 15 is 0 Å². The second-order valence-corrected chi connectivity index (χ2v) is 8.33. The molecule has 9 nitrogen and oxygen atoms in total. The molecule has 0 unspecified atom stereocenters. The van der Waals surface area contributed by atoms with E-state index in [-0.39, 0.29) is 17.9 Å². The maximum absolute atomic E-state index is 12.3. The lowest BCUT2D eigenvalue weighted by molar-refractivity contribution is -0.151. The van der Waals surface area contributed by atoms with E-state index in [1.54, 1.807) is 5.32 Å². The highest BCUT2D eigenvalue weighted by Gasteiger charge is 2.27. The number of carbonyl (C=O) groups excluding carboxylic acids is 2. The standard InChI is InChI=1S/C18H23F3N2O7S/c19-18(20,21)12-22-16(24)11-30-17(25)4-2-1-3-7-23-31(26,27)13-5-6-14-15(10-13)29-9-8-28-14/h5-6,10,23H,1-4,7-9,11-12H2,(H,22,24). The predicted octanol–water partition coefficient (Wildman–Crippen LogP) is 1.52. The lowest BCUT2D eigenvalue weighted by atomic mass is 10.2. The van der Waals surface area contributed by atoms with Gasteiger partial charge in [-0.15, -0.1) is 0 Å². The average molecular weight is 468 g/mol. The molecule has 1 aliphatic heterocycles. The number of nitrogens with one attached hydrogen (secondary N) is 2. The Morgan fingerprint density at radius 3 is 2.48 bits per heavy atom. The predicted molar refractivity (Wildman–Crippen MR) is 101 cm³/mol. The Balaban J connectivity index is 1.60. The number of hydrogen-bond donors (Lipinski definition) is 2. The van der Waals surface area contributed by atoms with E-state index in [2.05, 4.69) is 9.46 Å². The molecule has 31 heavy (non-hydrogen) atoms. The zero-order valence-corrected chi connectivity index (χ0v) is 17.3. The molecule has 0 saturated heterocycles. The Hall–Kier alpha value is -2.54. The number of hydrogen-bond acceptors (Lipinski definition) is 7. The summed E-state index contributed by atoms with van der Waals surface area (Å²) >= 11 is 0. The van der Waals surface area contributed by atoms with Crippen LogP contribution in [0.1, 0.15) is 25.7 Å². The summed E-state index contributed by atoms with van der Waals surface area (Å²) in [5, 5.41) is 1.59. The fraction of sp³-hybridized carbons (Fsp3) is 0.556. The molecule has 0 spiro atoms. The van der Waals surface area contributed by atoms with E-state index in [4.69, 9.17) is 9.47 Å². The van der Waals surface area contributed by atoms with Crippen LogP contribution in [0.25, 0.3) is 0 Å². The molecule has 13 heteroatoms. The Morgan fingerprint density at radius 1 is 1.06 bits per heavy atom. The summed E-state index contributed by atoms with van der Waals surface area (Å²) in [7, 11) is -3.73. The fourth-order valence-electron chi connectivity index (χ4n) is 2.52. The minimum atomic E-state index is -4.54. The summed E-state index contributed by atoms with van der Waals surface area (Å²) in [5.41, 5.74) is 0. The molecule has 0 fully saturated rings. The molecule has 174 valence electrons. The highest BCUT2D eigenvalue weighted by Crippen LogP contribution is 2.32. The third-order valence-electron chi connectivity index (χ3n) is 4.02. The van der Waals surface area contributed by atoms with Gasteiger partial charge in [-0.05, 0) is 25.0 Å². The average Bonchev–Trinajstić information content (AvgIpc) is 2.72. The first-order chi connectivity index (χ1) is 14.6. The number of halogens is 3. The highest BCUT2D eigenvalue weighted by molar-refractivity contribution is 7.89. The molecule has 1 aromatic carbocycles. The summed E-state index contributed by atoms with van der Waals surface area (Å²) in [5.74, 6) is -0.923. The van der Waals surface area contributed by atoms with Crippen molar-refractivity contribution in [2.45, 2.75) is 36.8 Å². The van der Waals surface area contributed by atoms with Crippen molar-refractivity contribution in [3.05, 3.63) is 18.2 Å². The van der Waals surface area contributed by atoms with Crippen LogP contribution in [0.2, 0.25) is 0 Å². The van der Waals surface area contributed by atoms with Gasteiger partial charge in [0.1, 0.15) is 19.8 Å². The summed E-state index contributed by atoms with van der Waals surface area (Å²) < 4.78 is 78.2. The van der Waals surface area contributed by atoms with Crippen molar-refractivity contribution in [2.75, 3.05) is 32.9 Å². The van der Waals surface area contributed by atoms with Crippen molar-refractivity contribution in [3.8, 4) is 11.5 Å². The first kappa shape index (κ1) is 24.7. The van der Waals surface area contributed by atoms with Gasteiger partial charge >= 0.3 is 12.1 Å². The number of ether oxygens (including phenoxy) is 3. The van der Waals surface area contributed by atoms with Gasteiger partial charge in [-0.25, -0.2) is 13.1 Å². The summed E-state index contributed by atoms with van der Waals surface area (Å²) in [6.07, 6.45) is -3.26. The molecule has 0 aromatic heterocycles. The third-order valence-corrected chi connectivity index (χ3v) is 5.48. The molecular weight excluding hydrogens is 445 g/mol. The van der Waals surface area contributed by atoms with E-state index < -0.39 is 41.2 Å². The Morgan fingerprint density at radius 2 is 1.77 bits per heavy atom. The number of rotatable bonds is 11. The zero-order chi connectivity index (χ0) is 22.9. The number of fused-ring (bicyclic) bond motifs is 1. The minimum absolute atomic E-state index is 0.0402. The van der Waals surface area contributed by atoms with Crippen molar-refractivity contribution in [1.29, 1.82) is 0 Å². The normalized spacial score (nSPS) is 13.5. The second kappa shape index (κ2) is 11.2. The molecule has 1 heterocycles. The number of sulfonamides is 1. The first-order valence-electron chi connectivity index (χ1n) is 9.45. The van der Waals surface area contributed by atoms with Crippen LogP contribution in [-0.2, 0) is 24.3 Å². The van der Waals surface area contributed by atoms with Crippen LogP contribution in [0.15, 0.2) is 23.1 Å². The van der Waals surface area contributed by atoms with Gasteiger partial charge in [0, 0.05) is 19.0 Å². The largest absolute Gasteiger partial charge is 0.486 e. The molecule has 0 radical (unpaired) electrons. The van der Waals surface area contributed by atoms with Gasteiger partial charge < -0.3 is 19.5 Å². The number of carbonyl (C=O) groups is 2. The summed E-state index contributed by atoms with van der Waals surface area (Å²) in [4.78, 5) is 22.7. The molecule has 1 aliphatic rings. The molecule has 1 amide bonds. The van der Waals surface area contributed by atoms with Crippen LogP contribution >= 0.6 is 0 Å². The molecule has 2 rings (SSSR count). The topological polar surface area (TPSA) is 120 Å². The van der Waals surface area contributed by atoms with Crippen LogP contribution in [0, 0.1) is 0 Å². The van der Waals surface area contributed by atoms with Crippen molar-refractivity contribution >= 4 is 21.9 Å². The van der Waals surface area contributed by atoms with E-state index in [9.17, 15) is 31.2 Å². The maximum atomic E-state index is 12.3. The van der Waals surface area contributed by atoms with Gasteiger partial charge in [0.15, 0.2) is 18.1 Å². The van der Waals surface area contributed by atoms with Crippen LogP contribution in [0.4, 0.5) is 13.2 Å².